The van der Waals surface area contributed by atoms with Gasteiger partial charge in [-0.1, -0.05) is 13.8 Å². The predicted octanol–water partition coefficient (Wildman–Crippen LogP) is 1.92. The summed E-state index contributed by atoms with van der Waals surface area (Å²) >= 11 is 0. The molecular weight excluding hydrogens is 463 g/mol. The highest BCUT2D eigenvalue weighted by atomic mass is 32.2. The van der Waals surface area contributed by atoms with E-state index in [0.29, 0.717) is 31.7 Å². The standard InChI is InChI=1S/C23H27FN4O5S/c1-15(2)21(22(29)28-12-10-27(11-13-28)17-6-4-16(24)5-7-17)25-34(31,32)18-8-9-19-20(14-18)33-23(30)26(19)3/h4-9,14-15,21,25H,10-13H2,1-3H3. The quantitative estimate of drug-likeness (QED) is 0.566. The van der Waals surface area contributed by atoms with Crippen molar-refractivity contribution in [3.8, 4) is 0 Å². The third-order valence-electron chi connectivity index (χ3n) is 6.07. The topological polar surface area (TPSA) is 105 Å². The number of piperazine rings is 1. The molecule has 0 spiro atoms. The second kappa shape index (κ2) is 9.22. The van der Waals surface area contributed by atoms with Crippen LogP contribution in [-0.2, 0) is 21.9 Å². The first-order chi connectivity index (χ1) is 16.1. The molecule has 11 heteroatoms. The second-order valence-electron chi connectivity index (χ2n) is 8.69. The zero-order valence-electron chi connectivity index (χ0n) is 19.2. The van der Waals surface area contributed by atoms with Gasteiger partial charge in [-0.2, -0.15) is 4.72 Å². The van der Waals surface area contributed by atoms with Crippen molar-refractivity contribution in [2.45, 2.75) is 24.8 Å². The normalized spacial score (nSPS) is 15.8. The number of anilines is 1. The number of nitrogens with one attached hydrogen (secondary N) is 1. The first kappa shape index (κ1) is 24.0. The van der Waals surface area contributed by atoms with Crippen LogP contribution in [0.25, 0.3) is 11.1 Å². The second-order valence-corrected chi connectivity index (χ2v) is 10.4. The molecule has 0 radical (unpaired) electrons. The molecule has 0 bridgehead atoms. The van der Waals surface area contributed by atoms with Gasteiger partial charge in [-0.3, -0.25) is 9.36 Å². The Bertz CT molecular complexity index is 1360. The summed E-state index contributed by atoms with van der Waals surface area (Å²) in [7, 11) is -2.52. The number of amides is 1. The van der Waals surface area contributed by atoms with E-state index in [1.165, 1.54) is 41.9 Å². The molecule has 1 saturated heterocycles. The maximum Gasteiger partial charge on any atom is 0.419 e. The van der Waals surface area contributed by atoms with E-state index >= 15 is 0 Å². The Morgan fingerprint density at radius 2 is 1.71 bits per heavy atom. The van der Waals surface area contributed by atoms with Gasteiger partial charge in [0.15, 0.2) is 5.58 Å². The largest absolute Gasteiger partial charge is 0.419 e. The SMILES string of the molecule is CC(C)C(NS(=O)(=O)c1ccc2c(c1)oc(=O)n2C)C(=O)N1CCN(c2ccc(F)cc2)CC1. The number of hydrogen-bond acceptors (Lipinski definition) is 6. The fraction of sp³-hybridized carbons (Fsp3) is 0.391. The number of carbonyl (C=O) groups is 1. The molecule has 2 aromatic carbocycles. The van der Waals surface area contributed by atoms with Crippen molar-refractivity contribution in [3.63, 3.8) is 0 Å². The minimum Gasteiger partial charge on any atom is -0.408 e. The summed E-state index contributed by atoms with van der Waals surface area (Å²) in [4.78, 5) is 28.6. The van der Waals surface area contributed by atoms with Crippen LogP contribution in [0.3, 0.4) is 0 Å². The van der Waals surface area contributed by atoms with Crippen molar-refractivity contribution in [1.29, 1.82) is 0 Å². The molecule has 1 fully saturated rings. The lowest BCUT2D eigenvalue weighted by Crippen LogP contribution is -2.56. The Kier molecular flexibility index (Phi) is 6.50. The maximum atomic E-state index is 13.3. The number of rotatable bonds is 6. The predicted molar refractivity (Wildman–Crippen MR) is 126 cm³/mol. The van der Waals surface area contributed by atoms with Crippen molar-refractivity contribution >= 4 is 32.7 Å². The molecule has 1 unspecified atom stereocenters. The Hall–Kier alpha value is -3.18. The van der Waals surface area contributed by atoms with Crippen LogP contribution in [0.15, 0.2) is 56.6 Å². The van der Waals surface area contributed by atoms with Crippen molar-refractivity contribution in [2.75, 3.05) is 31.1 Å². The average molecular weight is 491 g/mol. The molecule has 0 saturated carbocycles. The molecule has 182 valence electrons. The van der Waals surface area contributed by atoms with Gasteiger partial charge in [0.25, 0.3) is 0 Å². The van der Waals surface area contributed by atoms with Gasteiger partial charge in [0.1, 0.15) is 11.9 Å². The maximum absolute atomic E-state index is 13.3. The number of sulfonamides is 1. The smallest absolute Gasteiger partial charge is 0.408 e. The first-order valence-corrected chi connectivity index (χ1v) is 12.5. The van der Waals surface area contributed by atoms with Crippen molar-refractivity contribution in [2.24, 2.45) is 13.0 Å². The Morgan fingerprint density at radius 3 is 2.32 bits per heavy atom. The summed E-state index contributed by atoms with van der Waals surface area (Å²) in [6.07, 6.45) is 0. The molecule has 0 aliphatic carbocycles. The van der Waals surface area contributed by atoms with Gasteiger partial charge in [0, 0.05) is 45.0 Å². The van der Waals surface area contributed by atoms with Crippen LogP contribution >= 0.6 is 0 Å². The highest BCUT2D eigenvalue weighted by Crippen LogP contribution is 2.21. The average Bonchev–Trinajstić information content (AvgIpc) is 3.10. The Labute approximate surface area is 196 Å². The number of halogens is 1. The van der Waals surface area contributed by atoms with Gasteiger partial charge in [-0.25, -0.2) is 17.6 Å². The third-order valence-corrected chi connectivity index (χ3v) is 7.51. The highest BCUT2D eigenvalue weighted by Gasteiger charge is 2.33. The number of aromatic nitrogens is 1. The van der Waals surface area contributed by atoms with E-state index in [-0.39, 0.29) is 28.1 Å². The van der Waals surface area contributed by atoms with Gasteiger partial charge < -0.3 is 14.2 Å². The van der Waals surface area contributed by atoms with Crippen LogP contribution in [0, 0.1) is 11.7 Å². The number of hydrogen-bond donors (Lipinski definition) is 1. The lowest BCUT2D eigenvalue weighted by molar-refractivity contribution is -0.134. The zero-order valence-corrected chi connectivity index (χ0v) is 20.0. The van der Waals surface area contributed by atoms with E-state index < -0.39 is 21.8 Å². The molecular formula is C23H27FN4O5S. The van der Waals surface area contributed by atoms with Crippen molar-refractivity contribution in [3.05, 3.63) is 58.8 Å². The van der Waals surface area contributed by atoms with Crippen LogP contribution in [-0.4, -0.2) is 56.0 Å². The van der Waals surface area contributed by atoms with E-state index in [0.717, 1.165) is 5.69 Å². The monoisotopic (exact) mass is 490 g/mol. The molecule has 2 heterocycles. The first-order valence-electron chi connectivity index (χ1n) is 11.0. The fourth-order valence-electron chi connectivity index (χ4n) is 4.02. The highest BCUT2D eigenvalue weighted by molar-refractivity contribution is 7.89. The molecule has 9 nitrogen and oxygen atoms in total. The molecule has 1 N–H and O–H groups in total. The van der Waals surface area contributed by atoms with Gasteiger partial charge in [-0.15, -0.1) is 0 Å². The summed E-state index contributed by atoms with van der Waals surface area (Å²) in [5, 5.41) is 0. The van der Waals surface area contributed by atoms with Crippen molar-refractivity contribution in [1.82, 2.24) is 14.2 Å². The molecule has 1 atom stereocenters. The minimum absolute atomic E-state index is 0.0890. The number of oxazole rings is 1. The number of fused-ring (bicyclic) bond motifs is 1. The molecule has 1 amide bonds. The summed E-state index contributed by atoms with van der Waals surface area (Å²) in [5.74, 6) is -1.49. The van der Waals surface area contributed by atoms with Gasteiger partial charge >= 0.3 is 5.76 Å². The summed E-state index contributed by atoms with van der Waals surface area (Å²) < 4.78 is 48.3. The summed E-state index contributed by atoms with van der Waals surface area (Å²) in [6, 6.07) is 9.39. The lowest BCUT2D eigenvalue weighted by Gasteiger charge is -2.38. The Balaban J connectivity index is 1.48. The number of nitrogens with zero attached hydrogens (tertiary/aromatic N) is 3. The summed E-state index contributed by atoms with van der Waals surface area (Å²) in [5.41, 5.74) is 1.50. The molecule has 34 heavy (non-hydrogen) atoms. The van der Waals surface area contributed by atoms with Gasteiger partial charge in [-0.05, 0) is 42.3 Å². The summed E-state index contributed by atoms with van der Waals surface area (Å²) in [6.45, 7) is 5.50. The number of aryl methyl sites for hydroxylation is 1. The van der Waals surface area contributed by atoms with Crippen LogP contribution in [0.2, 0.25) is 0 Å². The van der Waals surface area contributed by atoms with E-state index in [4.69, 9.17) is 4.42 Å². The fourth-order valence-corrected chi connectivity index (χ4v) is 5.37. The molecule has 4 rings (SSSR count). The van der Waals surface area contributed by atoms with E-state index in [2.05, 4.69) is 9.62 Å². The number of benzene rings is 2. The van der Waals surface area contributed by atoms with Crippen LogP contribution in [0.4, 0.5) is 10.1 Å². The van der Waals surface area contributed by atoms with Crippen LogP contribution in [0.1, 0.15) is 13.8 Å². The van der Waals surface area contributed by atoms with E-state index in [9.17, 15) is 22.4 Å². The molecule has 3 aromatic rings. The Morgan fingerprint density at radius 1 is 1.06 bits per heavy atom. The minimum atomic E-state index is -4.06. The van der Waals surface area contributed by atoms with E-state index in [1.54, 1.807) is 30.9 Å². The lowest BCUT2D eigenvalue weighted by atomic mass is 10.0. The van der Waals surface area contributed by atoms with E-state index in [1.807, 2.05) is 0 Å². The van der Waals surface area contributed by atoms with Crippen LogP contribution < -0.4 is 15.4 Å². The molecule has 1 aliphatic rings. The van der Waals surface area contributed by atoms with Gasteiger partial charge in [0.2, 0.25) is 15.9 Å². The molecule has 1 aliphatic heterocycles. The van der Waals surface area contributed by atoms with Gasteiger partial charge in [0.05, 0.1) is 10.4 Å². The molecule has 1 aromatic heterocycles. The van der Waals surface area contributed by atoms with Crippen LogP contribution in [0.5, 0.6) is 0 Å². The number of carbonyl (C=O) groups excluding carboxylic acids is 1. The third kappa shape index (κ3) is 4.71. The van der Waals surface area contributed by atoms with Crippen molar-refractivity contribution < 1.29 is 22.0 Å². The zero-order chi connectivity index (χ0) is 24.6.